The number of nitrogens with two attached hydrogens (primary N) is 2. The van der Waals surface area contributed by atoms with Crippen LogP contribution in [0, 0.1) is 11.8 Å². The molecular weight excluding hydrogens is 676 g/mol. The highest BCUT2D eigenvalue weighted by Crippen LogP contribution is 2.44. The third kappa shape index (κ3) is 8.28. The minimum absolute atomic E-state index is 0.0186. The van der Waals surface area contributed by atoms with Crippen molar-refractivity contribution in [3.8, 4) is 0 Å². The fourth-order valence-electron chi connectivity index (χ4n) is 7.11. The molecule has 276 valence electrons. The predicted molar refractivity (Wildman–Crippen MR) is 195 cm³/mol. The molecule has 2 saturated heterocycles. The van der Waals surface area contributed by atoms with Gasteiger partial charge < -0.3 is 31.2 Å². The topological polar surface area (TPSA) is 185 Å². The number of carbonyl (C=O) groups excluding carboxylic acids is 4. The van der Waals surface area contributed by atoms with E-state index in [0.717, 1.165) is 49.9 Å². The van der Waals surface area contributed by atoms with Crippen LogP contribution in [0.25, 0.3) is 0 Å². The second-order valence-electron chi connectivity index (χ2n) is 12.6. The first-order valence-electron chi connectivity index (χ1n) is 17.3. The molecule has 0 spiro atoms. The number of hydrogen-bond donors (Lipinski definition) is 3. The van der Waals surface area contributed by atoms with E-state index in [4.69, 9.17) is 27.8 Å². The van der Waals surface area contributed by atoms with Crippen molar-refractivity contribution in [1.82, 2.24) is 20.0 Å². The van der Waals surface area contributed by atoms with Crippen LogP contribution in [0.2, 0.25) is 0 Å². The smallest absolute Gasteiger partial charge is 0.409 e. The summed E-state index contributed by atoms with van der Waals surface area (Å²) in [5.74, 6) is 0.354. The molecule has 6 rings (SSSR count). The number of hydrogen-bond acceptors (Lipinski definition) is 11. The number of carbonyl (C=O) groups is 4. The van der Waals surface area contributed by atoms with Gasteiger partial charge in [-0.05, 0) is 57.2 Å². The van der Waals surface area contributed by atoms with Gasteiger partial charge in [-0.2, -0.15) is 0 Å². The molecule has 3 amide bonds. The zero-order valence-electron chi connectivity index (χ0n) is 29.7. The van der Waals surface area contributed by atoms with Crippen LogP contribution < -0.4 is 16.8 Å². The van der Waals surface area contributed by atoms with Crippen LogP contribution in [0.15, 0.2) is 70.6 Å². The number of likely N-dealkylation sites (N-methyl/N-ethyl adjacent to an activating group) is 2. The molecule has 14 nitrogen and oxygen atoms in total. The summed E-state index contributed by atoms with van der Waals surface area (Å²) in [5, 5.41) is 3.38. The summed E-state index contributed by atoms with van der Waals surface area (Å²) in [6.07, 6.45) is 3.29. The van der Waals surface area contributed by atoms with Gasteiger partial charge in [0, 0.05) is 57.2 Å². The third-order valence-corrected chi connectivity index (χ3v) is 9.75. The maximum Gasteiger partial charge on any atom is 0.409 e. The van der Waals surface area contributed by atoms with E-state index in [9.17, 15) is 19.2 Å². The van der Waals surface area contributed by atoms with Crippen LogP contribution >= 0.6 is 11.6 Å². The summed E-state index contributed by atoms with van der Waals surface area (Å²) >= 11 is 4.72. The second-order valence-corrected chi connectivity index (χ2v) is 12.9. The molecule has 15 heteroatoms. The summed E-state index contributed by atoms with van der Waals surface area (Å²) in [4.78, 5) is 61.5. The summed E-state index contributed by atoms with van der Waals surface area (Å²) in [7, 11) is 3.33. The number of nitrogens with one attached hydrogen (secondary N) is 1. The Morgan fingerprint density at radius 1 is 0.824 bits per heavy atom. The average molecular weight is 725 g/mol. The number of rotatable bonds is 6. The first-order valence-corrected chi connectivity index (χ1v) is 17.6. The van der Waals surface area contributed by atoms with Crippen molar-refractivity contribution < 1.29 is 28.7 Å². The van der Waals surface area contributed by atoms with Crippen molar-refractivity contribution in [1.29, 1.82) is 0 Å². The van der Waals surface area contributed by atoms with Gasteiger partial charge in [0.25, 0.3) is 11.8 Å². The normalized spacial score (nSPS) is 25.9. The molecular formula is C36H49ClN8O6. The molecule has 2 aromatic carbocycles. The zero-order chi connectivity index (χ0) is 37.2. The Balaban J connectivity index is 0.000000201. The number of amides is 3. The van der Waals surface area contributed by atoms with E-state index in [1.54, 1.807) is 32.8 Å². The van der Waals surface area contributed by atoms with E-state index in [1.165, 1.54) is 9.80 Å². The average Bonchev–Trinajstić information content (AvgIpc) is 3.53. The van der Waals surface area contributed by atoms with Crippen LogP contribution in [-0.4, -0.2) is 103 Å². The van der Waals surface area contributed by atoms with Gasteiger partial charge in [0.05, 0.1) is 13.2 Å². The molecule has 4 heterocycles. The standard InChI is InChI=1S/C18H24N4O3.C15H20N4O.C3H5ClO2/c1-3-25-17(24)22-11-7-10-14(12-22)18(13-8-5-4-6-9-13)15(23)21(2)16(19)20-18;1-19-13(20)15(18-14(19)16,11-6-3-2-4-7-11)12-8-5-9-17-10-12;1-2-6-3(4)5/h4-6,8-9,14H,3,7,10-12H2,1-2H3,(H2,19,20);2-4,6-7,12,17H,5,8-10H2,1H3,(H2,16,18);2H2,1H3. The number of benzene rings is 2. The number of guanidine groups is 2. The van der Waals surface area contributed by atoms with Crippen molar-refractivity contribution >= 4 is 46.9 Å². The van der Waals surface area contributed by atoms with Crippen LogP contribution in [0.4, 0.5) is 9.59 Å². The lowest BCUT2D eigenvalue weighted by molar-refractivity contribution is -0.134. The molecule has 5 N–H and O–H groups in total. The number of nitrogens with zero attached hydrogens (tertiary/aromatic N) is 5. The highest BCUT2D eigenvalue weighted by atomic mass is 35.5. The third-order valence-electron chi connectivity index (χ3n) is 9.64. The Labute approximate surface area is 304 Å². The number of likely N-dealkylation sites (tertiary alicyclic amines) is 1. The second kappa shape index (κ2) is 17.5. The first kappa shape index (κ1) is 39.1. The first-order chi connectivity index (χ1) is 24.4. The van der Waals surface area contributed by atoms with E-state index in [-0.39, 0.29) is 35.7 Å². The Hall–Kier alpha value is -4.69. The molecule has 0 radical (unpaired) electrons. The fraction of sp³-hybridized carbons (Fsp3) is 0.500. The van der Waals surface area contributed by atoms with Gasteiger partial charge in [0.2, 0.25) is 0 Å². The summed E-state index contributed by atoms with van der Waals surface area (Å²) < 4.78 is 9.30. The predicted octanol–water partition coefficient (Wildman–Crippen LogP) is 3.59. The van der Waals surface area contributed by atoms with E-state index in [0.29, 0.717) is 32.3 Å². The number of piperidine rings is 2. The Morgan fingerprint density at radius 2 is 1.31 bits per heavy atom. The molecule has 51 heavy (non-hydrogen) atoms. The SMILES string of the molecule is CCOC(=O)Cl.CCOC(=O)N1CCCC(C2(c3ccccc3)N=C(N)N(C)C2=O)C1.CN1C(=O)C(c2ccccc2)(C2CCCNC2)N=C1N. The molecule has 0 aliphatic carbocycles. The van der Waals surface area contributed by atoms with Gasteiger partial charge in [0.1, 0.15) is 0 Å². The van der Waals surface area contributed by atoms with Crippen molar-refractivity contribution in [2.24, 2.45) is 33.3 Å². The van der Waals surface area contributed by atoms with Crippen molar-refractivity contribution in [3.05, 3.63) is 71.8 Å². The molecule has 4 atom stereocenters. The Kier molecular flexibility index (Phi) is 13.4. The van der Waals surface area contributed by atoms with E-state index < -0.39 is 16.5 Å². The number of halogens is 1. The molecule has 0 bridgehead atoms. The summed E-state index contributed by atoms with van der Waals surface area (Å²) in [6, 6.07) is 19.3. The molecule has 4 aliphatic rings. The van der Waals surface area contributed by atoms with Gasteiger partial charge in [-0.25, -0.2) is 19.6 Å². The van der Waals surface area contributed by atoms with Gasteiger partial charge in [-0.1, -0.05) is 60.7 Å². The largest absolute Gasteiger partial charge is 0.454 e. The molecule has 0 aromatic heterocycles. The monoisotopic (exact) mass is 724 g/mol. The molecule has 4 aliphatic heterocycles. The lowest BCUT2D eigenvalue weighted by Crippen LogP contribution is -2.51. The zero-order valence-corrected chi connectivity index (χ0v) is 30.5. The van der Waals surface area contributed by atoms with E-state index >= 15 is 0 Å². The van der Waals surface area contributed by atoms with Gasteiger partial charge in [0.15, 0.2) is 23.0 Å². The molecule has 2 fully saturated rings. The Bertz CT molecular complexity index is 1590. The fourth-order valence-corrected chi connectivity index (χ4v) is 7.22. The quantitative estimate of drug-likeness (QED) is 0.375. The Morgan fingerprint density at radius 3 is 1.71 bits per heavy atom. The van der Waals surface area contributed by atoms with Crippen molar-refractivity contribution in [2.75, 3.05) is 53.5 Å². The summed E-state index contributed by atoms with van der Waals surface area (Å²) in [6.45, 7) is 7.01. The van der Waals surface area contributed by atoms with Crippen LogP contribution in [0.1, 0.15) is 50.7 Å². The highest BCUT2D eigenvalue weighted by Gasteiger charge is 2.55. The summed E-state index contributed by atoms with van der Waals surface area (Å²) in [5.41, 5.74) is 11.0. The molecule has 4 unspecified atom stereocenters. The van der Waals surface area contributed by atoms with Gasteiger partial charge in [-0.15, -0.1) is 0 Å². The number of aliphatic imine (C=N–C) groups is 2. The minimum atomic E-state index is -1.08. The van der Waals surface area contributed by atoms with Crippen molar-refractivity contribution in [3.63, 3.8) is 0 Å². The lowest BCUT2D eigenvalue weighted by Gasteiger charge is -2.40. The van der Waals surface area contributed by atoms with Gasteiger partial charge >= 0.3 is 11.5 Å². The molecule has 2 aromatic rings. The minimum Gasteiger partial charge on any atom is -0.454 e. The van der Waals surface area contributed by atoms with E-state index in [2.05, 4.69) is 20.0 Å². The van der Waals surface area contributed by atoms with Crippen LogP contribution in [0.5, 0.6) is 0 Å². The van der Waals surface area contributed by atoms with Crippen LogP contribution in [-0.2, 0) is 30.1 Å². The van der Waals surface area contributed by atoms with Gasteiger partial charge in [-0.3, -0.25) is 19.4 Å². The maximum absolute atomic E-state index is 13.1. The van der Waals surface area contributed by atoms with Crippen molar-refractivity contribution in [2.45, 2.75) is 50.6 Å². The number of ether oxygens (including phenoxy) is 2. The molecule has 0 saturated carbocycles. The lowest BCUT2D eigenvalue weighted by atomic mass is 9.74. The van der Waals surface area contributed by atoms with E-state index in [1.807, 2.05) is 60.7 Å². The maximum atomic E-state index is 13.1. The van der Waals surface area contributed by atoms with Crippen LogP contribution in [0.3, 0.4) is 0 Å². The highest BCUT2D eigenvalue weighted by molar-refractivity contribution is 6.61.